The standard InChI is InChI=1S/C14H20N2O3/c17-9-10-4-1-2-6-12(10)15-8-11-5-3-7-13(16-11)14(18)19/h3,5,7,10,12,15,17H,1-2,4,6,8-9H2,(H,18,19). The van der Waals surface area contributed by atoms with E-state index in [9.17, 15) is 9.90 Å². The van der Waals surface area contributed by atoms with Gasteiger partial charge in [0.05, 0.1) is 5.69 Å². The predicted molar refractivity (Wildman–Crippen MR) is 70.9 cm³/mol. The molecule has 104 valence electrons. The summed E-state index contributed by atoms with van der Waals surface area (Å²) >= 11 is 0. The number of aromatic carboxylic acids is 1. The van der Waals surface area contributed by atoms with Gasteiger partial charge in [0.2, 0.25) is 0 Å². The molecule has 0 spiro atoms. The van der Waals surface area contributed by atoms with Gasteiger partial charge < -0.3 is 15.5 Å². The Labute approximate surface area is 112 Å². The van der Waals surface area contributed by atoms with E-state index >= 15 is 0 Å². The molecule has 0 amide bonds. The first-order valence-corrected chi connectivity index (χ1v) is 6.74. The van der Waals surface area contributed by atoms with Crippen LogP contribution in [-0.4, -0.2) is 33.8 Å². The Morgan fingerprint density at radius 2 is 2.16 bits per heavy atom. The van der Waals surface area contributed by atoms with Crippen LogP contribution in [0.25, 0.3) is 0 Å². The smallest absolute Gasteiger partial charge is 0.354 e. The molecule has 2 rings (SSSR count). The third-order valence-electron chi connectivity index (χ3n) is 3.71. The maximum absolute atomic E-state index is 10.8. The molecule has 1 aliphatic carbocycles. The first kappa shape index (κ1) is 14.0. The molecule has 1 aromatic rings. The topological polar surface area (TPSA) is 82.5 Å². The van der Waals surface area contributed by atoms with Crippen molar-refractivity contribution in [3.63, 3.8) is 0 Å². The van der Waals surface area contributed by atoms with Gasteiger partial charge in [-0.2, -0.15) is 0 Å². The lowest BCUT2D eigenvalue weighted by molar-refractivity contribution is 0.0690. The minimum Gasteiger partial charge on any atom is -0.477 e. The molecule has 19 heavy (non-hydrogen) atoms. The van der Waals surface area contributed by atoms with Crippen molar-refractivity contribution in [1.82, 2.24) is 10.3 Å². The molecule has 0 radical (unpaired) electrons. The van der Waals surface area contributed by atoms with E-state index in [0.717, 1.165) is 18.5 Å². The molecule has 3 N–H and O–H groups in total. The average Bonchev–Trinajstić information content (AvgIpc) is 2.45. The van der Waals surface area contributed by atoms with Crippen LogP contribution in [0.3, 0.4) is 0 Å². The zero-order valence-electron chi connectivity index (χ0n) is 10.9. The van der Waals surface area contributed by atoms with Crippen LogP contribution in [0.4, 0.5) is 0 Å². The number of pyridine rings is 1. The maximum atomic E-state index is 10.8. The summed E-state index contributed by atoms with van der Waals surface area (Å²) in [7, 11) is 0. The van der Waals surface area contributed by atoms with Crippen molar-refractivity contribution < 1.29 is 15.0 Å². The normalized spacial score (nSPS) is 23.2. The number of aromatic nitrogens is 1. The predicted octanol–water partition coefficient (Wildman–Crippen LogP) is 1.42. The average molecular weight is 264 g/mol. The summed E-state index contributed by atoms with van der Waals surface area (Å²) in [6.07, 6.45) is 4.47. The van der Waals surface area contributed by atoms with Gasteiger partial charge in [0, 0.05) is 19.2 Å². The monoisotopic (exact) mass is 264 g/mol. The molecule has 0 aromatic carbocycles. The first-order valence-electron chi connectivity index (χ1n) is 6.74. The molecule has 0 saturated heterocycles. The molecule has 0 aliphatic heterocycles. The van der Waals surface area contributed by atoms with E-state index < -0.39 is 5.97 Å². The largest absolute Gasteiger partial charge is 0.477 e. The number of nitrogens with one attached hydrogen (secondary N) is 1. The third-order valence-corrected chi connectivity index (χ3v) is 3.71. The lowest BCUT2D eigenvalue weighted by atomic mass is 9.85. The molecular weight excluding hydrogens is 244 g/mol. The fourth-order valence-electron chi connectivity index (χ4n) is 2.63. The number of aliphatic hydroxyl groups excluding tert-OH is 1. The van der Waals surface area contributed by atoms with E-state index in [0.29, 0.717) is 18.5 Å². The molecule has 2 atom stereocenters. The Balaban J connectivity index is 1.94. The SMILES string of the molecule is O=C(O)c1cccc(CNC2CCCCC2CO)n1. The van der Waals surface area contributed by atoms with Gasteiger partial charge in [-0.15, -0.1) is 0 Å². The highest BCUT2D eigenvalue weighted by Crippen LogP contribution is 2.24. The van der Waals surface area contributed by atoms with Gasteiger partial charge in [0.1, 0.15) is 5.69 Å². The Bertz CT molecular complexity index is 436. The minimum atomic E-state index is -1.01. The maximum Gasteiger partial charge on any atom is 0.354 e. The van der Waals surface area contributed by atoms with Crippen LogP contribution in [0, 0.1) is 5.92 Å². The van der Waals surface area contributed by atoms with E-state index in [2.05, 4.69) is 10.3 Å². The molecule has 2 unspecified atom stereocenters. The number of hydrogen-bond acceptors (Lipinski definition) is 4. The van der Waals surface area contributed by atoms with Crippen molar-refractivity contribution in [2.45, 2.75) is 38.3 Å². The number of aliphatic hydroxyl groups is 1. The molecule has 1 heterocycles. The Hall–Kier alpha value is -1.46. The molecular formula is C14H20N2O3. The van der Waals surface area contributed by atoms with Gasteiger partial charge in [0.25, 0.3) is 0 Å². The highest BCUT2D eigenvalue weighted by molar-refractivity contribution is 5.85. The second kappa shape index (κ2) is 6.63. The number of carbonyl (C=O) groups is 1. The molecule has 1 saturated carbocycles. The van der Waals surface area contributed by atoms with Crippen molar-refractivity contribution in [3.8, 4) is 0 Å². The van der Waals surface area contributed by atoms with E-state index in [-0.39, 0.29) is 12.3 Å². The molecule has 1 aromatic heterocycles. The lowest BCUT2D eigenvalue weighted by Gasteiger charge is -2.31. The van der Waals surface area contributed by atoms with Crippen molar-refractivity contribution in [1.29, 1.82) is 0 Å². The van der Waals surface area contributed by atoms with Gasteiger partial charge in [-0.05, 0) is 30.9 Å². The highest BCUT2D eigenvalue weighted by Gasteiger charge is 2.23. The number of carboxylic acid groups (broad SMARTS) is 1. The second-order valence-corrected chi connectivity index (χ2v) is 5.03. The Morgan fingerprint density at radius 3 is 2.89 bits per heavy atom. The minimum absolute atomic E-state index is 0.0710. The summed E-state index contributed by atoms with van der Waals surface area (Å²) in [5, 5.41) is 21.6. The third kappa shape index (κ3) is 3.75. The van der Waals surface area contributed by atoms with E-state index in [1.54, 1.807) is 6.07 Å². The second-order valence-electron chi connectivity index (χ2n) is 5.03. The zero-order chi connectivity index (χ0) is 13.7. The molecule has 5 nitrogen and oxygen atoms in total. The molecule has 1 aliphatic rings. The van der Waals surface area contributed by atoms with Crippen LogP contribution >= 0.6 is 0 Å². The van der Waals surface area contributed by atoms with Crippen LogP contribution in [0.1, 0.15) is 41.9 Å². The number of nitrogens with zero attached hydrogens (tertiary/aromatic N) is 1. The number of rotatable bonds is 5. The van der Waals surface area contributed by atoms with Gasteiger partial charge in [-0.25, -0.2) is 9.78 Å². The summed E-state index contributed by atoms with van der Waals surface area (Å²) in [5.41, 5.74) is 0.795. The van der Waals surface area contributed by atoms with Crippen LogP contribution in [0.15, 0.2) is 18.2 Å². The Kier molecular flexibility index (Phi) is 4.87. The first-order chi connectivity index (χ1) is 9.20. The van der Waals surface area contributed by atoms with Crippen LogP contribution in [0.2, 0.25) is 0 Å². The van der Waals surface area contributed by atoms with Gasteiger partial charge in [0.15, 0.2) is 0 Å². The van der Waals surface area contributed by atoms with Gasteiger partial charge in [-0.1, -0.05) is 18.9 Å². The quantitative estimate of drug-likeness (QED) is 0.749. The van der Waals surface area contributed by atoms with E-state index in [4.69, 9.17) is 5.11 Å². The molecule has 0 bridgehead atoms. The Morgan fingerprint density at radius 1 is 1.37 bits per heavy atom. The van der Waals surface area contributed by atoms with Crippen molar-refractivity contribution in [2.24, 2.45) is 5.92 Å². The number of hydrogen-bond donors (Lipinski definition) is 3. The van der Waals surface area contributed by atoms with Crippen LogP contribution < -0.4 is 5.32 Å². The highest BCUT2D eigenvalue weighted by atomic mass is 16.4. The zero-order valence-corrected chi connectivity index (χ0v) is 10.9. The lowest BCUT2D eigenvalue weighted by Crippen LogP contribution is -2.39. The van der Waals surface area contributed by atoms with Crippen LogP contribution in [0.5, 0.6) is 0 Å². The summed E-state index contributed by atoms with van der Waals surface area (Å²) in [6, 6.07) is 5.31. The molecule has 1 fully saturated rings. The fraction of sp³-hybridized carbons (Fsp3) is 0.571. The summed E-state index contributed by atoms with van der Waals surface area (Å²) in [4.78, 5) is 14.9. The van der Waals surface area contributed by atoms with Crippen LogP contribution in [-0.2, 0) is 6.54 Å². The van der Waals surface area contributed by atoms with E-state index in [1.807, 2.05) is 6.07 Å². The summed E-state index contributed by atoms with van der Waals surface area (Å²) < 4.78 is 0. The van der Waals surface area contributed by atoms with E-state index in [1.165, 1.54) is 18.9 Å². The van der Waals surface area contributed by atoms with Gasteiger partial charge >= 0.3 is 5.97 Å². The van der Waals surface area contributed by atoms with Crippen molar-refractivity contribution in [2.75, 3.05) is 6.61 Å². The summed E-state index contributed by atoms with van der Waals surface area (Å²) in [5.74, 6) is -0.704. The summed E-state index contributed by atoms with van der Waals surface area (Å²) in [6.45, 7) is 0.753. The van der Waals surface area contributed by atoms with Gasteiger partial charge in [-0.3, -0.25) is 0 Å². The fourth-order valence-corrected chi connectivity index (χ4v) is 2.63. The van der Waals surface area contributed by atoms with Crippen molar-refractivity contribution in [3.05, 3.63) is 29.6 Å². The number of carboxylic acids is 1. The molecule has 5 heteroatoms. The van der Waals surface area contributed by atoms with Crippen molar-refractivity contribution >= 4 is 5.97 Å².